The molecule has 56 heavy (non-hydrogen) atoms. The van der Waals surface area contributed by atoms with Gasteiger partial charge in [0.2, 0.25) is 0 Å². The predicted octanol–water partition coefficient (Wildman–Crippen LogP) is 13.4. The molecule has 11 aromatic rings. The summed E-state index contributed by atoms with van der Waals surface area (Å²) in [4.78, 5) is 25.7. The van der Waals surface area contributed by atoms with E-state index in [9.17, 15) is 0 Å². The summed E-state index contributed by atoms with van der Waals surface area (Å²) in [7, 11) is 0. The highest BCUT2D eigenvalue weighted by molar-refractivity contribution is 7.26. The smallest absolute Gasteiger partial charge is 0.164 e. The molecule has 7 heteroatoms. The van der Waals surface area contributed by atoms with Gasteiger partial charge in [0.15, 0.2) is 23.3 Å². The summed E-state index contributed by atoms with van der Waals surface area (Å²) in [6, 6.07) is 60.9. The minimum Gasteiger partial charge on any atom is -0.226 e. The molecule has 0 spiro atoms. The van der Waals surface area contributed by atoms with Crippen LogP contribution < -0.4 is 0 Å². The fraction of sp³-hybridized carbons (Fsp3) is 0. The molecule has 5 nitrogen and oxygen atoms in total. The summed E-state index contributed by atoms with van der Waals surface area (Å²) in [5.74, 6) is 2.64. The van der Waals surface area contributed by atoms with E-state index < -0.39 is 0 Å². The van der Waals surface area contributed by atoms with Crippen molar-refractivity contribution in [3.63, 3.8) is 0 Å². The van der Waals surface area contributed by atoms with Gasteiger partial charge in [-0.05, 0) is 35.4 Å². The Morgan fingerprint density at radius 2 is 0.911 bits per heavy atom. The lowest BCUT2D eigenvalue weighted by Crippen LogP contribution is -2.00. The molecule has 0 radical (unpaired) electrons. The molecule has 0 N–H and O–H groups in total. The van der Waals surface area contributed by atoms with Crippen LogP contribution in [0, 0.1) is 0 Å². The summed E-state index contributed by atoms with van der Waals surface area (Å²) in [6.45, 7) is 0. The molecule has 0 amide bonds. The minimum absolute atomic E-state index is 0.645. The highest BCUT2D eigenvalue weighted by Crippen LogP contribution is 2.43. The Balaban J connectivity index is 1.08. The summed E-state index contributed by atoms with van der Waals surface area (Å²) in [6.07, 6.45) is 0. The van der Waals surface area contributed by atoms with Crippen LogP contribution in [0.25, 0.3) is 108 Å². The molecule has 0 fully saturated rings. The molecular formula is C49H29N5S2. The molecule has 0 aliphatic heterocycles. The van der Waals surface area contributed by atoms with Gasteiger partial charge in [0.1, 0.15) is 0 Å². The maximum Gasteiger partial charge on any atom is 0.164 e. The lowest BCUT2D eigenvalue weighted by molar-refractivity contribution is 1.08. The van der Waals surface area contributed by atoms with E-state index in [1.807, 2.05) is 60.7 Å². The number of hydrogen-bond acceptors (Lipinski definition) is 7. The van der Waals surface area contributed by atoms with E-state index in [1.165, 1.54) is 10.3 Å². The molecule has 0 bridgehead atoms. The Kier molecular flexibility index (Phi) is 7.79. The standard InChI is InChI=1S/C49H29N5S2/c1-4-14-30(15-5-1)33-20-12-21-34(28-33)43-45-44(37-22-10-11-24-39(37)56-45)51-48(50-43)35-26-27-36-41(29-35)55-40-25-13-23-38(42(36)40)49-53-46(31-16-6-2-7-17-31)52-47(54-49)32-18-8-3-9-19-32/h1-29H. The lowest BCUT2D eigenvalue weighted by atomic mass is 10.0. The third-order valence-electron chi connectivity index (χ3n) is 10.2. The zero-order chi connectivity index (χ0) is 37.0. The SMILES string of the molecule is c1ccc(-c2cccc(-c3nc(-c4ccc5c(c4)sc4cccc(-c6nc(-c7ccccc7)nc(-c7ccccc7)n6)c45)nc4c3sc3ccccc34)c2)cc1. The molecular weight excluding hydrogens is 723 g/mol. The average molecular weight is 752 g/mol. The van der Waals surface area contributed by atoms with Gasteiger partial charge < -0.3 is 0 Å². The topological polar surface area (TPSA) is 64.5 Å². The van der Waals surface area contributed by atoms with E-state index in [-0.39, 0.29) is 0 Å². The number of nitrogens with zero attached hydrogens (tertiary/aromatic N) is 5. The van der Waals surface area contributed by atoms with Crippen LogP contribution in [0.2, 0.25) is 0 Å². The molecule has 0 aliphatic rings. The Labute approximate surface area is 330 Å². The van der Waals surface area contributed by atoms with E-state index in [1.54, 1.807) is 22.7 Å². The summed E-state index contributed by atoms with van der Waals surface area (Å²) >= 11 is 3.52. The number of hydrogen-bond donors (Lipinski definition) is 0. The van der Waals surface area contributed by atoms with Crippen LogP contribution in [-0.2, 0) is 0 Å². The molecule has 0 atom stereocenters. The van der Waals surface area contributed by atoms with Gasteiger partial charge in [-0.2, -0.15) is 0 Å². The van der Waals surface area contributed by atoms with E-state index in [0.29, 0.717) is 23.3 Å². The maximum absolute atomic E-state index is 5.35. The second-order valence-corrected chi connectivity index (χ2v) is 15.8. The monoisotopic (exact) mass is 751 g/mol. The molecule has 0 unspecified atom stereocenters. The van der Waals surface area contributed by atoms with E-state index in [2.05, 4.69) is 115 Å². The van der Waals surface area contributed by atoms with Crippen LogP contribution in [0.4, 0.5) is 0 Å². The van der Waals surface area contributed by atoms with Gasteiger partial charge in [0, 0.05) is 58.1 Å². The molecule has 4 heterocycles. The molecule has 262 valence electrons. The van der Waals surface area contributed by atoms with Crippen molar-refractivity contribution in [2.24, 2.45) is 0 Å². The molecule has 0 saturated carbocycles. The largest absolute Gasteiger partial charge is 0.226 e. The van der Waals surface area contributed by atoms with Gasteiger partial charge in [-0.25, -0.2) is 24.9 Å². The van der Waals surface area contributed by atoms with E-state index in [4.69, 9.17) is 24.9 Å². The van der Waals surface area contributed by atoms with Crippen LogP contribution in [0.15, 0.2) is 176 Å². The van der Waals surface area contributed by atoms with E-state index in [0.717, 1.165) is 74.8 Å². The fourth-order valence-electron chi connectivity index (χ4n) is 7.47. The molecule has 7 aromatic carbocycles. The number of thiophene rings is 2. The first-order valence-corrected chi connectivity index (χ1v) is 20.0. The summed E-state index contributed by atoms with van der Waals surface area (Å²) in [5.41, 5.74) is 9.17. The van der Waals surface area contributed by atoms with Crippen LogP contribution in [-0.4, -0.2) is 24.9 Å². The first-order chi connectivity index (χ1) is 27.7. The Morgan fingerprint density at radius 3 is 1.66 bits per heavy atom. The zero-order valence-electron chi connectivity index (χ0n) is 29.8. The normalized spacial score (nSPS) is 11.6. The van der Waals surface area contributed by atoms with Crippen molar-refractivity contribution in [1.29, 1.82) is 0 Å². The van der Waals surface area contributed by atoms with Crippen molar-refractivity contribution in [2.75, 3.05) is 0 Å². The predicted molar refractivity (Wildman–Crippen MR) is 234 cm³/mol. The van der Waals surface area contributed by atoms with Gasteiger partial charge in [0.05, 0.1) is 15.9 Å². The first kappa shape index (κ1) is 32.5. The molecule has 11 rings (SSSR count). The number of benzene rings is 7. The third-order valence-corrected chi connectivity index (χ3v) is 12.4. The summed E-state index contributed by atoms with van der Waals surface area (Å²) < 4.78 is 4.61. The molecule has 0 saturated heterocycles. The van der Waals surface area contributed by atoms with Gasteiger partial charge in [-0.3, -0.25) is 0 Å². The van der Waals surface area contributed by atoms with Crippen molar-refractivity contribution < 1.29 is 0 Å². The zero-order valence-corrected chi connectivity index (χ0v) is 31.4. The van der Waals surface area contributed by atoms with Crippen molar-refractivity contribution in [2.45, 2.75) is 0 Å². The van der Waals surface area contributed by atoms with Crippen LogP contribution in [0.5, 0.6) is 0 Å². The number of aromatic nitrogens is 5. The first-order valence-electron chi connectivity index (χ1n) is 18.4. The Bertz CT molecular complexity index is 3190. The average Bonchev–Trinajstić information content (AvgIpc) is 3.85. The highest BCUT2D eigenvalue weighted by Gasteiger charge is 2.20. The quantitative estimate of drug-likeness (QED) is 0.169. The Hall–Kier alpha value is -6.93. The second kappa shape index (κ2) is 13.4. The third kappa shape index (κ3) is 5.64. The maximum atomic E-state index is 5.35. The number of fused-ring (bicyclic) bond motifs is 6. The van der Waals surface area contributed by atoms with Crippen molar-refractivity contribution in [1.82, 2.24) is 24.9 Å². The van der Waals surface area contributed by atoms with Gasteiger partial charge in [-0.1, -0.05) is 152 Å². The van der Waals surface area contributed by atoms with E-state index >= 15 is 0 Å². The van der Waals surface area contributed by atoms with Crippen LogP contribution >= 0.6 is 22.7 Å². The van der Waals surface area contributed by atoms with Crippen molar-refractivity contribution >= 4 is 63.1 Å². The second-order valence-electron chi connectivity index (χ2n) is 13.6. The van der Waals surface area contributed by atoms with Gasteiger partial charge >= 0.3 is 0 Å². The van der Waals surface area contributed by atoms with Gasteiger partial charge in [-0.15, -0.1) is 22.7 Å². The van der Waals surface area contributed by atoms with Crippen LogP contribution in [0.3, 0.4) is 0 Å². The van der Waals surface area contributed by atoms with Gasteiger partial charge in [0.25, 0.3) is 0 Å². The molecule has 4 aromatic heterocycles. The Morgan fingerprint density at radius 1 is 0.321 bits per heavy atom. The van der Waals surface area contributed by atoms with Crippen molar-refractivity contribution in [3.05, 3.63) is 176 Å². The number of rotatable bonds is 6. The highest BCUT2D eigenvalue weighted by atomic mass is 32.1. The minimum atomic E-state index is 0.645. The lowest BCUT2D eigenvalue weighted by Gasteiger charge is -2.10. The summed E-state index contributed by atoms with van der Waals surface area (Å²) in [5, 5.41) is 3.42. The van der Waals surface area contributed by atoms with Crippen molar-refractivity contribution in [3.8, 4) is 67.9 Å². The van der Waals surface area contributed by atoms with Crippen LogP contribution in [0.1, 0.15) is 0 Å². The molecule has 0 aliphatic carbocycles. The fourth-order valence-corrected chi connectivity index (χ4v) is 9.80.